The van der Waals surface area contributed by atoms with Gasteiger partial charge in [-0.25, -0.2) is 14.5 Å². The summed E-state index contributed by atoms with van der Waals surface area (Å²) in [6, 6.07) is 7.15. The van der Waals surface area contributed by atoms with E-state index in [1.54, 1.807) is 0 Å². The van der Waals surface area contributed by atoms with Crippen LogP contribution in [0.3, 0.4) is 0 Å². The maximum Gasteiger partial charge on any atom is 0.514 e. The first-order valence-corrected chi connectivity index (χ1v) is 12.5. The number of hydrogen-bond acceptors (Lipinski definition) is 8. The topological polar surface area (TPSA) is 127 Å². The van der Waals surface area contributed by atoms with Crippen LogP contribution in [0.5, 0.6) is 5.88 Å². The highest BCUT2D eigenvalue weighted by molar-refractivity contribution is 7.14. The fourth-order valence-electron chi connectivity index (χ4n) is 4.58. The highest BCUT2D eigenvalue weighted by atomic mass is 32.1. The molecule has 1 saturated carbocycles. The van der Waals surface area contributed by atoms with E-state index in [1.165, 1.54) is 12.5 Å². The normalized spacial score (nSPS) is 19.2. The average Bonchev–Trinajstić information content (AvgIpc) is 3.41. The molecule has 35 heavy (non-hydrogen) atoms. The summed E-state index contributed by atoms with van der Waals surface area (Å²) < 4.78 is 9.31. The van der Waals surface area contributed by atoms with Gasteiger partial charge in [0.2, 0.25) is 11.8 Å². The number of methoxy groups -OCH3 is 1. The zero-order chi connectivity index (χ0) is 24.8. The van der Waals surface area contributed by atoms with Crippen molar-refractivity contribution in [3.05, 3.63) is 41.3 Å². The predicted octanol–water partition coefficient (Wildman–Crippen LogP) is 3.73. The highest BCUT2D eigenvalue weighted by Crippen LogP contribution is 2.31. The number of benzene rings is 1. The van der Waals surface area contributed by atoms with Crippen molar-refractivity contribution >= 4 is 40.5 Å². The lowest BCUT2D eigenvalue weighted by Gasteiger charge is -2.30. The first kappa shape index (κ1) is 24.6. The second-order valence-corrected chi connectivity index (χ2v) is 9.55. The largest absolute Gasteiger partial charge is 0.514 e. The minimum atomic E-state index is -0.972. The summed E-state index contributed by atoms with van der Waals surface area (Å²) in [6.07, 6.45) is 5.00. The van der Waals surface area contributed by atoms with Crippen LogP contribution in [-0.4, -0.2) is 53.1 Å². The third-order valence-electron chi connectivity index (χ3n) is 6.30. The second kappa shape index (κ2) is 11.3. The Morgan fingerprint density at radius 1 is 1.20 bits per heavy atom. The first-order valence-electron chi connectivity index (χ1n) is 11.6. The second-order valence-electron chi connectivity index (χ2n) is 8.69. The Labute approximate surface area is 207 Å². The van der Waals surface area contributed by atoms with Crippen molar-refractivity contribution in [2.45, 2.75) is 57.0 Å². The SMILES string of the molecule is COC(=O)Oc1csc(NC(=O)[C@H](CC2CCCCC2)N2C(=O)N[C@@H](Cc3ccccc3)C2=O)n1. The van der Waals surface area contributed by atoms with E-state index in [0.717, 1.165) is 53.9 Å². The van der Waals surface area contributed by atoms with Crippen molar-refractivity contribution in [2.75, 3.05) is 12.4 Å². The van der Waals surface area contributed by atoms with Gasteiger partial charge in [0, 0.05) is 6.42 Å². The van der Waals surface area contributed by atoms with E-state index >= 15 is 0 Å². The lowest BCUT2D eigenvalue weighted by molar-refractivity contribution is -0.134. The van der Waals surface area contributed by atoms with Gasteiger partial charge in [0.05, 0.1) is 12.5 Å². The van der Waals surface area contributed by atoms with Crippen LogP contribution in [0.4, 0.5) is 14.7 Å². The Morgan fingerprint density at radius 2 is 1.94 bits per heavy atom. The van der Waals surface area contributed by atoms with Gasteiger partial charge < -0.3 is 20.1 Å². The van der Waals surface area contributed by atoms with Crippen molar-refractivity contribution in [2.24, 2.45) is 5.92 Å². The Morgan fingerprint density at radius 3 is 2.66 bits per heavy atom. The van der Waals surface area contributed by atoms with E-state index in [9.17, 15) is 19.2 Å². The summed E-state index contributed by atoms with van der Waals surface area (Å²) in [5.74, 6) is -0.691. The molecule has 1 aliphatic carbocycles. The van der Waals surface area contributed by atoms with E-state index in [0.29, 0.717) is 12.8 Å². The standard InChI is InChI=1S/C24H28N4O6S/c1-33-24(32)34-19-14-35-22(26-19)27-20(29)18(13-16-10-6-3-7-11-16)28-21(30)17(25-23(28)31)12-15-8-4-2-5-9-15/h2,4-5,8-9,14,16-18H,3,6-7,10-13H2,1H3,(H,25,31)(H,26,27,29)/t17-,18-/m0/s1. The smallest absolute Gasteiger partial charge is 0.437 e. The van der Waals surface area contributed by atoms with Crippen LogP contribution >= 0.6 is 11.3 Å². The molecule has 4 rings (SSSR count). The van der Waals surface area contributed by atoms with Gasteiger partial charge in [-0.05, 0) is 17.9 Å². The zero-order valence-corrected chi connectivity index (χ0v) is 20.2. The molecule has 0 bridgehead atoms. The van der Waals surface area contributed by atoms with Gasteiger partial charge in [0.15, 0.2) is 5.13 Å². The van der Waals surface area contributed by atoms with Crippen LogP contribution < -0.4 is 15.4 Å². The number of hydrogen-bond donors (Lipinski definition) is 2. The molecule has 0 spiro atoms. The zero-order valence-electron chi connectivity index (χ0n) is 19.4. The maximum atomic E-state index is 13.4. The fourth-order valence-corrected chi connectivity index (χ4v) is 5.19. The van der Waals surface area contributed by atoms with Crippen LogP contribution in [0.15, 0.2) is 35.7 Å². The number of aromatic nitrogens is 1. The molecule has 2 N–H and O–H groups in total. The number of rotatable bonds is 8. The monoisotopic (exact) mass is 500 g/mol. The number of carbonyl (C=O) groups is 4. The van der Waals surface area contributed by atoms with Crippen molar-refractivity contribution in [1.29, 1.82) is 0 Å². The van der Waals surface area contributed by atoms with Crippen LogP contribution in [0, 0.1) is 5.92 Å². The van der Waals surface area contributed by atoms with E-state index < -0.39 is 36.1 Å². The van der Waals surface area contributed by atoms with Crippen LogP contribution in [0.1, 0.15) is 44.1 Å². The number of urea groups is 1. The van der Waals surface area contributed by atoms with E-state index in [2.05, 4.69) is 20.4 Å². The maximum absolute atomic E-state index is 13.4. The number of imide groups is 1. The summed E-state index contributed by atoms with van der Waals surface area (Å²) in [7, 11) is 1.18. The molecule has 1 saturated heterocycles. The van der Waals surface area contributed by atoms with Gasteiger partial charge in [-0.15, -0.1) is 11.3 Å². The molecule has 2 fully saturated rings. The van der Waals surface area contributed by atoms with Crippen molar-refractivity contribution in [3.63, 3.8) is 0 Å². The number of anilines is 1. The first-order chi connectivity index (χ1) is 16.9. The van der Waals surface area contributed by atoms with Crippen LogP contribution in [0.2, 0.25) is 0 Å². The molecular weight excluding hydrogens is 472 g/mol. The van der Waals surface area contributed by atoms with Gasteiger partial charge in [-0.1, -0.05) is 62.4 Å². The molecule has 2 atom stereocenters. The minimum absolute atomic E-state index is 0.0149. The minimum Gasteiger partial charge on any atom is -0.437 e. The molecule has 2 aliphatic rings. The lowest BCUT2D eigenvalue weighted by atomic mass is 9.84. The molecule has 186 valence electrons. The molecule has 11 heteroatoms. The molecule has 0 radical (unpaired) electrons. The van der Waals surface area contributed by atoms with E-state index in [-0.39, 0.29) is 16.9 Å². The Bertz CT molecular complexity index is 1070. The number of thiazole rings is 1. The molecular formula is C24H28N4O6S. The van der Waals surface area contributed by atoms with Crippen LogP contribution in [-0.2, 0) is 20.7 Å². The molecule has 0 unspecified atom stereocenters. The number of nitrogens with zero attached hydrogens (tertiary/aromatic N) is 2. The number of carbonyl (C=O) groups excluding carboxylic acids is 4. The summed E-state index contributed by atoms with van der Waals surface area (Å²) in [4.78, 5) is 56.0. The van der Waals surface area contributed by atoms with Crippen molar-refractivity contribution in [3.8, 4) is 5.88 Å². The molecule has 1 aromatic heterocycles. The Kier molecular flexibility index (Phi) is 7.96. The van der Waals surface area contributed by atoms with E-state index in [1.807, 2.05) is 30.3 Å². The third-order valence-corrected chi connectivity index (χ3v) is 7.03. The predicted molar refractivity (Wildman–Crippen MR) is 128 cm³/mol. The van der Waals surface area contributed by atoms with Gasteiger partial charge in [0.25, 0.3) is 5.91 Å². The Balaban J connectivity index is 1.50. The summed E-state index contributed by atoms with van der Waals surface area (Å²) in [5.41, 5.74) is 0.919. The molecule has 10 nitrogen and oxygen atoms in total. The van der Waals surface area contributed by atoms with E-state index in [4.69, 9.17) is 4.74 Å². The molecule has 1 aromatic carbocycles. The number of ether oxygens (including phenoxy) is 2. The van der Waals surface area contributed by atoms with Crippen molar-refractivity contribution < 1.29 is 28.7 Å². The highest BCUT2D eigenvalue weighted by Gasteiger charge is 2.45. The number of nitrogens with one attached hydrogen (secondary N) is 2. The van der Waals surface area contributed by atoms with Gasteiger partial charge in [-0.2, -0.15) is 4.98 Å². The summed E-state index contributed by atoms with van der Waals surface area (Å²) in [6.45, 7) is 0. The molecule has 1 aliphatic heterocycles. The summed E-state index contributed by atoms with van der Waals surface area (Å²) >= 11 is 1.06. The average molecular weight is 501 g/mol. The quantitative estimate of drug-likeness (QED) is 0.418. The van der Waals surface area contributed by atoms with Gasteiger partial charge >= 0.3 is 12.2 Å². The lowest BCUT2D eigenvalue weighted by Crippen LogP contribution is -2.49. The van der Waals surface area contributed by atoms with Crippen molar-refractivity contribution in [1.82, 2.24) is 15.2 Å². The molecule has 2 aromatic rings. The van der Waals surface area contributed by atoms with Crippen LogP contribution in [0.25, 0.3) is 0 Å². The molecule has 2 heterocycles. The number of amides is 4. The molecule has 4 amide bonds. The van der Waals surface area contributed by atoms with Gasteiger partial charge in [0.1, 0.15) is 12.1 Å². The van der Waals surface area contributed by atoms with Gasteiger partial charge in [-0.3, -0.25) is 9.59 Å². The summed E-state index contributed by atoms with van der Waals surface area (Å²) in [5, 5.41) is 7.07. The Hall–Kier alpha value is -3.47. The fraction of sp³-hybridized carbons (Fsp3) is 0.458. The third kappa shape index (κ3) is 6.16.